The number of alkyl halides is 3. The number of carboxylic acid groups (broad SMARTS) is 2. The minimum Gasteiger partial charge on any atom is -0.479 e. The van der Waals surface area contributed by atoms with Gasteiger partial charge in [0.05, 0.1) is 0 Å². The maximum absolute atomic E-state index is 13.1. The predicted molar refractivity (Wildman–Crippen MR) is 114 cm³/mol. The second-order valence-electron chi connectivity index (χ2n) is 8.24. The van der Waals surface area contributed by atoms with Crippen molar-refractivity contribution >= 4 is 24.3 Å². The van der Waals surface area contributed by atoms with Gasteiger partial charge in [0.15, 0.2) is 6.61 Å². The molecule has 36 heavy (non-hydrogen) atoms. The summed E-state index contributed by atoms with van der Waals surface area (Å²) in [6.45, 7) is 0.291. The Hall–Kier alpha value is -3.23. The first-order valence-electron chi connectivity index (χ1n) is 11.0. The summed E-state index contributed by atoms with van der Waals surface area (Å²) >= 11 is 0. The first-order valence-corrected chi connectivity index (χ1v) is 11.0. The van der Waals surface area contributed by atoms with Crippen molar-refractivity contribution in [2.45, 2.75) is 43.9 Å². The van der Waals surface area contributed by atoms with Gasteiger partial charge in [-0.1, -0.05) is 18.2 Å². The van der Waals surface area contributed by atoms with E-state index in [9.17, 15) is 27.6 Å². The average Bonchev–Trinajstić information content (AvgIpc) is 3.11. The van der Waals surface area contributed by atoms with E-state index in [1.54, 1.807) is 12.1 Å². The number of ether oxygens (including phenoxy) is 1. The topological polar surface area (TPSA) is 174 Å². The molecule has 1 aromatic rings. The highest BCUT2D eigenvalue weighted by molar-refractivity contribution is 5.90. The Kier molecular flexibility index (Phi) is 10.2. The standard InChI is InChI=1S/C20H26N2O7.C2HF3O2/c21-10-13-4-6-15(7-5-13)20(29-27-11-17(24)25)16-3-1-2-14(8-9-22-12-23)18(16)28-19(20)26;3-2(4,5)1(6)7/h1-3,12-13,15H,4-11,21H2,(H,22,23)(H,24,25);(H,6,7). The molecule has 0 aromatic heterocycles. The Morgan fingerprint density at radius 1 is 1.22 bits per heavy atom. The molecule has 1 heterocycles. The number of halogens is 3. The summed E-state index contributed by atoms with van der Waals surface area (Å²) in [5.74, 6) is -4.01. The summed E-state index contributed by atoms with van der Waals surface area (Å²) in [5.41, 5.74) is 5.56. The molecule has 1 aliphatic heterocycles. The minimum atomic E-state index is -5.08. The van der Waals surface area contributed by atoms with E-state index in [1.165, 1.54) is 0 Å². The van der Waals surface area contributed by atoms with Crippen molar-refractivity contribution in [2.75, 3.05) is 19.7 Å². The number of fused-ring (bicyclic) bond motifs is 1. The van der Waals surface area contributed by atoms with E-state index >= 15 is 0 Å². The third-order valence-corrected chi connectivity index (χ3v) is 5.99. The molecule has 200 valence electrons. The van der Waals surface area contributed by atoms with Gasteiger partial charge >= 0.3 is 24.1 Å². The number of amides is 1. The predicted octanol–water partition coefficient (Wildman–Crippen LogP) is 1.52. The number of nitrogens with two attached hydrogens (primary N) is 1. The molecule has 1 aliphatic carbocycles. The highest BCUT2D eigenvalue weighted by atomic mass is 19.4. The first kappa shape index (κ1) is 29.0. The third kappa shape index (κ3) is 6.92. The van der Waals surface area contributed by atoms with Gasteiger partial charge in [-0.3, -0.25) is 4.79 Å². The number of hydrogen-bond donors (Lipinski definition) is 4. The van der Waals surface area contributed by atoms with Gasteiger partial charge in [-0.05, 0) is 50.1 Å². The van der Waals surface area contributed by atoms with Gasteiger partial charge in [-0.2, -0.15) is 13.2 Å². The number of para-hydroxylation sites is 1. The Balaban J connectivity index is 0.000000572. The smallest absolute Gasteiger partial charge is 0.479 e. The second-order valence-corrected chi connectivity index (χ2v) is 8.24. The summed E-state index contributed by atoms with van der Waals surface area (Å²) in [7, 11) is 0. The molecule has 1 aromatic carbocycles. The lowest BCUT2D eigenvalue weighted by Crippen LogP contribution is -2.46. The molecule has 5 N–H and O–H groups in total. The monoisotopic (exact) mass is 520 g/mol. The molecular formula is C22H27F3N2O9. The average molecular weight is 520 g/mol. The largest absolute Gasteiger partial charge is 0.490 e. The minimum absolute atomic E-state index is 0.226. The van der Waals surface area contributed by atoms with Crippen LogP contribution >= 0.6 is 0 Å². The van der Waals surface area contributed by atoms with Crippen molar-refractivity contribution in [2.24, 2.45) is 17.6 Å². The van der Waals surface area contributed by atoms with Crippen LogP contribution in [0.1, 0.15) is 36.8 Å². The number of nitrogens with one attached hydrogen (secondary N) is 1. The van der Waals surface area contributed by atoms with Crippen molar-refractivity contribution in [3.8, 4) is 5.75 Å². The highest BCUT2D eigenvalue weighted by Crippen LogP contribution is 2.51. The fourth-order valence-electron chi connectivity index (χ4n) is 4.25. The van der Waals surface area contributed by atoms with Crippen LogP contribution in [0.3, 0.4) is 0 Å². The molecule has 0 radical (unpaired) electrons. The number of carbonyl (C=O) groups excluding carboxylic acids is 2. The van der Waals surface area contributed by atoms with Crippen LogP contribution in [0, 0.1) is 11.8 Å². The van der Waals surface area contributed by atoms with Gasteiger partial charge in [0.25, 0.3) is 0 Å². The van der Waals surface area contributed by atoms with Gasteiger partial charge in [0.2, 0.25) is 12.0 Å². The zero-order valence-corrected chi connectivity index (χ0v) is 19.1. The van der Waals surface area contributed by atoms with Crippen molar-refractivity contribution < 1.29 is 57.1 Å². The molecule has 11 nitrogen and oxygen atoms in total. The van der Waals surface area contributed by atoms with Crippen LogP contribution in [-0.4, -0.2) is 60.4 Å². The Morgan fingerprint density at radius 2 is 1.86 bits per heavy atom. The lowest BCUT2D eigenvalue weighted by Gasteiger charge is -2.37. The van der Waals surface area contributed by atoms with E-state index in [4.69, 9.17) is 35.3 Å². The number of carboxylic acids is 2. The van der Waals surface area contributed by atoms with Gasteiger partial charge < -0.3 is 26.0 Å². The Labute approximate surface area is 203 Å². The molecule has 1 amide bonds. The van der Waals surface area contributed by atoms with Crippen molar-refractivity contribution in [1.82, 2.24) is 5.32 Å². The number of esters is 1. The summed E-state index contributed by atoms with van der Waals surface area (Å²) in [5, 5.41) is 18.6. The van der Waals surface area contributed by atoms with Gasteiger partial charge in [0, 0.05) is 18.0 Å². The van der Waals surface area contributed by atoms with Gasteiger partial charge in [-0.15, -0.1) is 0 Å². The number of benzene rings is 1. The van der Waals surface area contributed by atoms with Crippen LogP contribution in [0.5, 0.6) is 5.75 Å². The van der Waals surface area contributed by atoms with E-state index in [0.29, 0.717) is 56.0 Å². The summed E-state index contributed by atoms with van der Waals surface area (Å²) in [6.07, 6.45) is -0.944. The van der Waals surface area contributed by atoms with E-state index in [0.717, 1.165) is 18.4 Å². The molecule has 0 bridgehead atoms. The number of aliphatic carboxylic acids is 2. The van der Waals surface area contributed by atoms with E-state index in [-0.39, 0.29) is 5.92 Å². The first-order chi connectivity index (χ1) is 17.0. The molecule has 1 atom stereocenters. The zero-order valence-electron chi connectivity index (χ0n) is 19.1. The number of rotatable bonds is 10. The maximum atomic E-state index is 13.1. The molecule has 0 spiro atoms. The van der Waals surface area contributed by atoms with E-state index in [1.807, 2.05) is 6.07 Å². The van der Waals surface area contributed by atoms with Gasteiger partial charge in [0.1, 0.15) is 5.75 Å². The summed E-state index contributed by atoms with van der Waals surface area (Å²) in [6, 6.07) is 5.35. The molecule has 3 rings (SSSR count). The SMILES string of the molecule is NCC1CCC(C2(OOCC(=O)O)C(=O)Oc3c(CCNC=O)cccc32)CC1.O=C(O)C(F)(F)F. The van der Waals surface area contributed by atoms with Crippen LogP contribution < -0.4 is 15.8 Å². The molecule has 2 aliphatic rings. The summed E-state index contributed by atoms with van der Waals surface area (Å²) < 4.78 is 37.4. The van der Waals surface area contributed by atoms with E-state index in [2.05, 4.69) is 5.32 Å². The molecular weight excluding hydrogens is 493 g/mol. The van der Waals surface area contributed by atoms with Crippen molar-refractivity contribution in [3.63, 3.8) is 0 Å². The lowest BCUT2D eigenvalue weighted by molar-refractivity contribution is -0.365. The van der Waals surface area contributed by atoms with Crippen LogP contribution in [0.15, 0.2) is 18.2 Å². The molecule has 1 saturated carbocycles. The second kappa shape index (κ2) is 12.6. The molecule has 0 saturated heterocycles. The maximum Gasteiger partial charge on any atom is 0.490 e. The zero-order chi connectivity index (χ0) is 26.9. The highest BCUT2D eigenvalue weighted by Gasteiger charge is 2.58. The van der Waals surface area contributed by atoms with Gasteiger partial charge in [-0.25, -0.2) is 24.2 Å². The fraction of sp³-hybridized carbons (Fsp3) is 0.545. The normalized spacial score (nSPS) is 23.1. The quantitative estimate of drug-likeness (QED) is 0.0884. The van der Waals surface area contributed by atoms with Crippen molar-refractivity contribution in [1.29, 1.82) is 0 Å². The Bertz CT molecular complexity index is 949. The molecule has 1 unspecified atom stereocenters. The van der Waals surface area contributed by atoms with Crippen LogP contribution in [0.2, 0.25) is 0 Å². The summed E-state index contributed by atoms with van der Waals surface area (Å²) in [4.78, 5) is 53.9. The van der Waals surface area contributed by atoms with Crippen LogP contribution in [-0.2, 0) is 41.0 Å². The van der Waals surface area contributed by atoms with Crippen molar-refractivity contribution in [3.05, 3.63) is 29.3 Å². The van der Waals surface area contributed by atoms with E-state index < -0.39 is 36.3 Å². The molecule has 1 fully saturated rings. The molecule has 14 heteroatoms. The lowest BCUT2D eigenvalue weighted by atomic mass is 9.71. The van der Waals surface area contributed by atoms with Crippen LogP contribution in [0.4, 0.5) is 13.2 Å². The number of carbonyl (C=O) groups is 4. The number of hydrogen-bond acceptors (Lipinski definition) is 8. The van der Waals surface area contributed by atoms with Crippen LogP contribution in [0.25, 0.3) is 0 Å². The fourth-order valence-corrected chi connectivity index (χ4v) is 4.25. The third-order valence-electron chi connectivity index (χ3n) is 5.99. The Morgan fingerprint density at radius 3 is 2.39 bits per heavy atom.